The van der Waals surface area contributed by atoms with Gasteiger partial charge in [-0.25, -0.2) is 0 Å². The summed E-state index contributed by atoms with van der Waals surface area (Å²) in [5.74, 6) is 1.17. The van der Waals surface area contributed by atoms with Crippen LogP contribution in [0.3, 0.4) is 0 Å². The molecule has 2 saturated carbocycles. The molecule has 4 aliphatic rings. The Morgan fingerprint density at radius 2 is 2.09 bits per heavy atom. The molecule has 0 spiro atoms. The Hall–Kier alpha value is -1.40. The van der Waals surface area contributed by atoms with Crippen LogP contribution < -0.4 is 0 Å². The first kappa shape index (κ1) is 15.1. The van der Waals surface area contributed by atoms with Crippen LogP contribution in [0.1, 0.15) is 58.8 Å². The molecule has 2 fully saturated rings. The van der Waals surface area contributed by atoms with Crippen LogP contribution in [0.4, 0.5) is 0 Å². The molecule has 0 aromatic carbocycles. The van der Waals surface area contributed by atoms with Crippen LogP contribution in [0, 0.1) is 34.0 Å². The Kier molecular flexibility index (Phi) is 3.01. The van der Waals surface area contributed by atoms with Crippen molar-refractivity contribution in [2.45, 2.75) is 64.4 Å². The molecule has 5 atom stereocenters. The summed E-state index contributed by atoms with van der Waals surface area (Å²) in [7, 11) is 0. The molecule has 0 bridgehead atoms. The van der Waals surface area contributed by atoms with E-state index in [0.717, 1.165) is 25.7 Å². The molecule has 3 nitrogen and oxygen atoms in total. The number of nitrogens with zero attached hydrogens (tertiary/aromatic N) is 1. The van der Waals surface area contributed by atoms with Gasteiger partial charge >= 0.3 is 0 Å². The first-order valence-electron chi connectivity index (χ1n) is 8.89. The predicted octanol–water partition coefficient (Wildman–Crippen LogP) is 3.69. The maximum absolute atomic E-state index is 11.8. The molecule has 0 aromatic heterocycles. The molecule has 4 rings (SSSR count). The number of Topliss-reactive ketones (excluding diaryl/α,β-unsaturated/α-hetero) is 1. The van der Waals surface area contributed by atoms with E-state index in [1.165, 1.54) is 11.1 Å². The highest BCUT2D eigenvalue weighted by Gasteiger charge is 2.62. The molecule has 0 aliphatic heterocycles. The molecule has 0 amide bonds. The van der Waals surface area contributed by atoms with E-state index in [4.69, 9.17) is 0 Å². The van der Waals surface area contributed by atoms with Crippen LogP contribution in [-0.4, -0.2) is 16.5 Å². The number of nitriles is 1. The fourth-order valence-electron chi connectivity index (χ4n) is 5.98. The van der Waals surface area contributed by atoms with Gasteiger partial charge < -0.3 is 5.11 Å². The summed E-state index contributed by atoms with van der Waals surface area (Å²) in [6.07, 6.45) is 10.1. The molecule has 0 unspecified atom stereocenters. The first-order valence-corrected chi connectivity index (χ1v) is 8.89. The third kappa shape index (κ3) is 1.76. The molecular weight excluding hydrogens is 286 g/mol. The van der Waals surface area contributed by atoms with Crippen LogP contribution in [0.2, 0.25) is 0 Å². The lowest BCUT2D eigenvalue weighted by Crippen LogP contribution is -2.49. The van der Waals surface area contributed by atoms with E-state index in [9.17, 15) is 15.2 Å². The van der Waals surface area contributed by atoms with Crippen molar-refractivity contribution in [3.63, 3.8) is 0 Å². The van der Waals surface area contributed by atoms with Gasteiger partial charge in [-0.3, -0.25) is 4.79 Å². The van der Waals surface area contributed by atoms with Crippen molar-refractivity contribution < 1.29 is 9.90 Å². The number of hydrogen-bond donors (Lipinski definition) is 1. The lowest BCUT2D eigenvalue weighted by Gasteiger charge is -2.53. The fourth-order valence-corrected chi connectivity index (χ4v) is 5.98. The summed E-state index contributed by atoms with van der Waals surface area (Å²) in [6, 6.07) is 2.21. The number of fused-ring (bicyclic) bond motifs is 5. The molecule has 4 aliphatic carbocycles. The average Bonchev–Trinajstić information content (AvgIpc) is 2.80. The second-order valence-electron chi connectivity index (χ2n) is 8.52. The van der Waals surface area contributed by atoms with Gasteiger partial charge in [-0.2, -0.15) is 5.26 Å². The number of allylic oxidation sites excluding steroid dienone is 4. The number of aliphatic hydroxyl groups is 1. The highest BCUT2D eigenvalue weighted by molar-refractivity contribution is 5.83. The van der Waals surface area contributed by atoms with Crippen LogP contribution in [0.5, 0.6) is 0 Å². The number of ketones is 1. The molecule has 23 heavy (non-hydrogen) atoms. The minimum Gasteiger partial charge on any atom is -0.375 e. The Labute approximate surface area is 138 Å². The van der Waals surface area contributed by atoms with Gasteiger partial charge in [0.25, 0.3) is 0 Å². The van der Waals surface area contributed by atoms with E-state index in [1.54, 1.807) is 0 Å². The second kappa shape index (κ2) is 4.57. The standard InChI is InChI=1S/C20H25NO2/c1-18-8-5-14(22)11-13(18)3-4-15-16(18)6-9-19(2)17(15)7-10-20(19,23)12-21/h3,6,15,17,23H,4-5,7-11H2,1-2H3/t15-,17+,18+,19+,20+/m1/s1. The molecule has 0 saturated heterocycles. The summed E-state index contributed by atoms with van der Waals surface area (Å²) >= 11 is 0. The monoisotopic (exact) mass is 311 g/mol. The quantitative estimate of drug-likeness (QED) is 0.548. The largest absolute Gasteiger partial charge is 0.375 e. The highest BCUT2D eigenvalue weighted by Crippen LogP contribution is 2.64. The number of rotatable bonds is 0. The SMILES string of the molecule is C[C@]12CCC(=O)CC1=CC[C@@H]1C2=CC[C@@]2(C)[C@H]1CC[C@]2(O)C#N. The molecule has 1 N–H and O–H groups in total. The molecule has 122 valence electrons. The van der Waals surface area contributed by atoms with Crippen molar-refractivity contribution >= 4 is 5.78 Å². The normalized spacial score (nSPS) is 48.5. The van der Waals surface area contributed by atoms with Crippen molar-refractivity contribution in [1.29, 1.82) is 5.26 Å². The van der Waals surface area contributed by atoms with Crippen LogP contribution in [0.25, 0.3) is 0 Å². The van der Waals surface area contributed by atoms with Gasteiger partial charge in [-0.1, -0.05) is 37.1 Å². The molecular formula is C20H25NO2. The number of carbonyl (C=O) groups excluding carboxylic acids is 1. The third-order valence-corrected chi connectivity index (χ3v) is 7.65. The zero-order chi connectivity index (χ0) is 16.5. The third-order valence-electron chi connectivity index (χ3n) is 7.65. The molecule has 0 radical (unpaired) electrons. The Morgan fingerprint density at radius 1 is 1.30 bits per heavy atom. The smallest absolute Gasteiger partial charge is 0.156 e. The van der Waals surface area contributed by atoms with E-state index in [-0.39, 0.29) is 10.8 Å². The summed E-state index contributed by atoms with van der Waals surface area (Å²) in [6.45, 7) is 4.41. The van der Waals surface area contributed by atoms with E-state index in [0.29, 0.717) is 36.9 Å². The first-order chi connectivity index (χ1) is 10.8. The number of carbonyl (C=O) groups is 1. The van der Waals surface area contributed by atoms with Crippen molar-refractivity contribution in [1.82, 2.24) is 0 Å². The van der Waals surface area contributed by atoms with Gasteiger partial charge in [0.1, 0.15) is 5.78 Å². The summed E-state index contributed by atoms with van der Waals surface area (Å²) in [5, 5.41) is 20.3. The minimum atomic E-state index is -1.19. The van der Waals surface area contributed by atoms with Gasteiger partial charge in [0.05, 0.1) is 6.07 Å². The van der Waals surface area contributed by atoms with Crippen molar-refractivity contribution in [3.8, 4) is 6.07 Å². The second-order valence-corrected chi connectivity index (χ2v) is 8.52. The summed E-state index contributed by atoms with van der Waals surface area (Å²) < 4.78 is 0. The van der Waals surface area contributed by atoms with Crippen LogP contribution in [-0.2, 0) is 4.79 Å². The summed E-state index contributed by atoms with van der Waals surface area (Å²) in [4.78, 5) is 11.8. The lowest BCUT2D eigenvalue weighted by atomic mass is 9.51. The zero-order valence-corrected chi connectivity index (χ0v) is 14.1. The fraction of sp³-hybridized carbons (Fsp3) is 0.700. The lowest BCUT2D eigenvalue weighted by molar-refractivity contribution is -0.120. The topological polar surface area (TPSA) is 61.1 Å². The van der Waals surface area contributed by atoms with Crippen molar-refractivity contribution in [3.05, 3.63) is 23.3 Å². The molecule has 3 heteroatoms. The number of hydrogen-bond acceptors (Lipinski definition) is 3. The Bertz CT molecular complexity index is 684. The van der Waals surface area contributed by atoms with E-state index < -0.39 is 5.60 Å². The van der Waals surface area contributed by atoms with Crippen molar-refractivity contribution in [2.75, 3.05) is 0 Å². The molecule has 0 aromatic rings. The maximum atomic E-state index is 11.8. The predicted molar refractivity (Wildman–Crippen MR) is 87.2 cm³/mol. The van der Waals surface area contributed by atoms with Crippen molar-refractivity contribution in [2.24, 2.45) is 22.7 Å². The Morgan fingerprint density at radius 3 is 2.83 bits per heavy atom. The van der Waals surface area contributed by atoms with Gasteiger partial charge in [0, 0.05) is 23.7 Å². The van der Waals surface area contributed by atoms with E-state index >= 15 is 0 Å². The minimum absolute atomic E-state index is 0.0332. The van der Waals surface area contributed by atoms with E-state index in [1.807, 2.05) is 0 Å². The zero-order valence-electron chi connectivity index (χ0n) is 14.1. The average molecular weight is 311 g/mol. The van der Waals surface area contributed by atoms with Gasteiger partial charge in [-0.05, 0) is 43.9 Å². The summed E-state index contributed by atoms with van der Waals surface area (Å²) in [5.41, 5.74) is 1.32. The van der Waals surface area contributed by atoms with Gasteiger partial charge in [-0.15, -0.1) is 0 Å². The maximum Gasteiger partial charge on any atom is 0.156 e. The van der Waals surface area contributed by atoms with Crippen LogP contribution >= 0.6 is 0 Å². The van der Waals surface area contributed by atoms with Gasteiger partial charge in [0.15, 0.2) is 5.60 Å². The highest BCUT2D eigenvalue weighted by atomic mass is 16.3. The van der Waals surface area contributed by atoms with E-state index in [2.05, 4.69) is 32.1 Å². The van der Waals surface area contributed by atoms with Crippen LogP contribution in [0.15, 0.2) is 23.3 Å². The molecule has 0 heterocycles. The van der Waals surface area contributed by atoms with Gasteiger partial charge in [0.2, 0.25) is 0 Å². The Balaban J connectivity index is 1.76.